The Morgan fingerprint density at radius 2 is 2.40 bits per heavy atom. The van der Waals surface area contributed by atoms with Gasteiger partial charge in [-0.2, -0.15) is 0 Å². The number of alkyl halides is 1. The van der Waals surface area contributed by atoms with Crippen LogP contribution in [0.2, 0.25) is 0 Å². The van der Waals surface area contributed by atoms with Crippen LogP contribution in [0.1, 0.15) is 19.8 Å². The Kier molecular flexibility index (Phi) is 3.68. The van der Waals surface area contributed by atoms with Crippen molar-refractivity contribution in [2.75, 3.05) is 19.7 Å². The van der Waals surface area contributed by atoms with Crippen LogP contribution < -0.4 is 0 Å². The van der Waals surface area contributed by atoms with Crippen LogP contribution in [0.3, 0.4) is 0 Å². The fourth-order valence-electron chi connectivity index (χ4n) is 1.59. The van der Waals surface area contributed by atoms with Gasteiger partial charge in [0.15, 0.2) is 5.67 Å². The summed E-state index contributed by atoms with van der Waals surface area (Å²) in [5.74, 6) is 0.277. The summed E-state index contributed by atoms with van der Waals surface area (Å²) in [6.45, 7) is 4.76. The first-order valence-corrected chi connectivity index (χ1v) is 4.89. The van der Waals surface area contributed by atoms with Crippen molar-refractivity contribution in [3.63, 3.8) is 0 Å². The van der Waals surface area contributed by atoms with E-state index < -0.39 is 18.4 Å². The normalized spacial score (nSPS) is 26.2. The van der Waals surface area contributed by atoms with E-state index in [0.717, 1.165) is 0 Å². The van der Waals surface area contributed by atoms with Crippen molar-refractivity contribution in [3.8, 4) is 0 Å². The molecule has 0 aliphatic carbocycles. The second-order valence-electron chi connectivity index (χ2n) is 3.90. The number of amides is 1. The molecule has 1 N–H and O–H groups in total. The van der Waals surface area contributed by atoms with E-state index in [-0.39, 0.29) is 18.7 Å². The smallest absolute Gasteiger partial charge is 0.414 e. The molecule has 0 saturated carbocycles. The molecule has 0 aromatic heterocycles. The second kappa shape index (κ2) is 4.61. The molecule has 0 radical (unpaired) electrons. The molecule has 5 heteroatoms. The average molecular weight is 217 g/mol. The van der Waals surface area contributed by atoms with Crippen LogP contribution in [-0.2, 0) is 4.74 Å². The van der Waals surface area contributed by atoms with Gasteiger partial charge in [-0.1, -0.05) is 6.58 Å². The molecule has 1 aliphatic rings. The van der Waals surface area contributed by atoms with Crippen LogP contribution in [0.5, 0.6) is 0 Å². The zero-order valence-corrected chi connectivity index (χ0v) is 8.83. The highest BCUT2D eigenvalue weighted by Gasteiger charge is 2.37. The van der Waals surface area contributed by atoms with Crippen molar-refractivity contribution in [3.05, 3.63) is 12.3 Å². The third-order valence-electron chi connectivity index (χ3n) is 2.33. The highest BCUT2D eigenvalue weighted by Crippen LogP contribution is 2.25. The largest absolute Gasteiger partial charge is 0.416 e. The summed E-state index contributed by atoms with van der Waals surface area (Å²) >= 11 is 0. The van der Waals surface area contributed by atoms with Gasteiger partial charge in [0.05, 0.1) is 18.9 Å². The lowest BCUT2D eigenvalue weighted by molar-refractivity contribution is 0.00125. The molecule has 15 heavy (non-hydrogen) atoms. The van der Waals surface area contributed by atoms with Crippen LogP contribution >= 0.6 is 0 Å². The summed E-state index contributed by atoms with van der Waals surface area (Å²) < 4.78 is 18.5. The predicted molar refractivity (Wildman–Crippen MR) is 53.0 cm³/mol. The van der Waals surface area contributed by atoms with Gasteiger partial charge >= 0.3 is 6.09 Å². The van der Waals surface area contributed by atoms with Crippen LogP contribution in [0.15, 0.2) is 12.3 Å². The predicted octanol–water partition coefficient (Wildman–Crippen LogP) is 1.45. The van der Waals surface area contributed by atoms with Crippen molar-refractivity contribution in [1.82, 2.24) is 4.90 Å². The number of likely N-dealkylation sites (tertiary alicyclic amines) is 1. The standard InChI is InChI=1S/C10H16FNO3/c1-8(2)15-9(14)12-5-3-4-10(11,6-12)7-13/h13H,1,3-7H2,2H3/t10-/m0/s1. The first-order valence-electron chi connectivity index (χ1n) is 4.89. The maximum Gasteiger partial charge on any atom is 0.414 e. The van der Waals surface area contributed by atoms with E-state index in [1.165, 1.54) is 4.90 Å². The summed E-state index contributed by atoms with van der Waals surface area (Å²) in [7, 11) is 0. The fourth-order valence-corrected chi connectivity index (χ4v) is 1.59. The zero-order valence-electron chi connectivity index (χ0n) is 8.83. The maximum atomic E-state index is 13.7. The molecule has 1 saturated heterocycles. The van der Waals surface area contributed by atoms with Crippen LogP contribution in [0.4, 0.5) is 9.18 Å². The van der Waals surface area contributed by atoms with Gasteiger partial charge in [0.2, 0.25) is 0 Å². The maximum absolute atomic E-state index is 13.7. The van der Waals surface area contributed by atoms with Gasteiger partial charge in [-0.15, -0.1) is 0 Å². The molecular weight excluding hydrogens is 201 g/mol. The number of allylic oxidation sites excluding steroid dienone is 1. The Morgan fingerprint density at radius 3 is 2.93 bits per heavy atom. The van der Waals surface area contributed by atoms with E-state index >= 15 is 0 Å². The average Bonchev–Trinajstić information content (AvgIpc) is 2.17. The first kappa shape index (κ1) is 12.0. The molecule has 4 nitrogen and oxygen atoms in total. The van der Waals surface area contributed by atoms with Gasteiger partial charge in [0.25, 0.3) is 0 Å². The van der Waals surface area contributed by atoms with Crippen LogP contribution in [-0.4, -0.2) is 41.5 Å². The quantitative estimate of drug-likeness (QED) is 0.712. The molecule has 86 valence electrons. The minimum absolute atomic E-state index is 0.115. The molecule has 0 aromatic rings. The molecule has 0 unspecified atom stereocenters. The zero-order chi connectivity index (χ0) is 11.5. The van der Waals surface area contributed by atoms with E-state index in [1.54, 1.807) is 6.92 Å². The number of aliphatic hydroxyl groups excluding tert-OH is 1. The molecular formula is C10H16FNO3. The lowest BCUT2D eigenvalue weighted by Crippen LogP contribution is -2.49. The number of halogens is 1. The van der Waals surface area contributed by atoms with Gasteiger partial charge < -0.3 is 14.7 Å². The topological polar surface area (TPSA) is 49.8 Å². The van der Waals surface area contributed by atoms with Gasteiger partial charge in [-0.3, -0.25) is 0 Å². The molecule has 1 rings (SSSR count). The second-order valence-corrected chi connectivity index (χ2v) is 3.90. The third-order valence-corrected chi connectivity index (χ3v) is 2.33. The van der Waals surface area contributed by atoms with Crippen molar-refractivity contribution < 1.29 is 19.0 Å². The lowest BCUT2D eigenvalue weighted by Gasteiger charge is -2.35. The van der Waals surface area contributed by atoms with E-state index in [2.05, 4.69) is 6.58 Å². The Labute approximate surface area is 88.3 Å². The van der Waals surface area contributed by atoms with Crippen LogP contribution in [0, 0.1) is 0 Å². The number of carbonyl (C=O) groups excluding carboxylic acids is 1. The number of rotatable bonds is 2. The van der Waals surface area contributed by atoms with Crippen molar-refractivity contribution in [1.29, 1.82) is 0 Å². The number of piperidine rings is 1. The lowest BCUT2D eigenvalue weighted by atomic mass is 9.96. The molecule has 0 spiro atoms. The number of hydrogen-bond donors (Lipinski definition) is 1. The van der Waals surface area contributed by atoms with Gasteiger partial charge in [-0.25, -0.2) is 9.18 Å². The molecule has 1 heterocycles. The Balaban J connectivity index is 2.56. The van der Waals surface area contributed by atoms with Crippen molar-refractivity contribution in [2.24, 2.45) is 0 Å². The molecule has 1 fully saturated rings. The molecule has 0 aromatic carbocycles. The van der Waals surface area contributed by atoms with E-state index in [1.807, 2.05) is 0 Å². The van der Waals surface area contributed by atoms with Gasteiger partial charge in [0.1, 0.15) is 0 Å². The van der Waals surface area contributed by atoms with Gasteiger partial charge in [-0.05, 0) is 19.8 Å². The van der Waals surface area contributed by atoms with Crippen LogP contribution in [0.25, 0.3) is 0 Å². The number of ether oxygens (including phenoxy) is 1. The molecule has 0 bridgehead atoms. The Morgan fingerprint density at radius 1 is 1.73 bits per heavy atom. The summed E-state index contributed by atoms with van der Waals surface area (Å²) in [6.07, 6.45) is 0.209. The monoisotopic (exact) mass is 217 g/mol. The molecule has 1 atom stereocenters. The molecule has 1 aliphatic heterocycles. The molecule has 1 amide bonds. The summed E-state index contributed by atoms with van der Waals surface area (Å²) in [6, 6.07) is 0. The summed E-state index contributed by atoms with van der Waals surface area (Å²) in [4.78, 5) is 12.7. The van der Waals surface area contributed by atoms with Crippen molar-refractivity contribution in [2.45, 2.75) is 25.4 Å². The Hall–Kier alpha value is -1.10. The van der Waals surface area contributed by atoms with E-state index in [9.17, 15) is 9.18 Å². The minimum Gasteiger partial charge on any atom is -0.416 e. The highest BCUT2D eigenvalue weighted by atomic mass is 19.1. The van der Waals surface area contributed by atoms with E-state index in [4.69, 9.17) is 9.84 Å². The van der Waals surface area contributed by atoms with E-state index in [0.29, 0.717) is 13.0 Å². The first-order chi connectivity index (χ1) is 6.97. The summed E-state index contributed by atoms with van der Waals surface area (Å²) in [5, 5.41) is 8.86. The highest BCUT2D eigenvalue weighted by molar-refractivity contribution is 5.69. The number of nitrogens with zero attached hydrogens (tertiary/aromatic N) is 1. The summed E-state index contributed by atoms with van der Waals surface area (Å²) in [5.41, 5.74) is -1.69. The number of hydrogen-bond acceptors (Lipinski definition) is 3. The fraction of sp³-hybridized carbons (Fsp3) is 0.700. The Bertz CT molecular complexity index is 269. The third kappa shape index (κ3) is 3.20. The van der Waals surface area contributed by atoms with Crippen molar-refractivity contribution >= 4 is 6.09 Å². The van der Waals surface area contributed by atoms with Gasteiger partial charge in [0, 0.05) is 6.54 Å². The number of carbonyl (C=O) groups is 1. The minimum atomic E-state index is -1.69. The SMILES string of the molecule is C=C(C)OC(=O)N1CCC[C@@](F)(CO)C1. The number of aliphatic hydroxyl groups is 1.